The highest BCUT2D eigenvalue weighted by atomic mass is 19.4. The summed E-state index contributed by atoms with van der Waals surface area (Å²) in [4.78, 5) is 2.08. The van der Waals surface area contributed by atoms with Crippen molar-refractivity contribution < 1.29 is 17.6 Å². The average Bonchev–Trinajstić information content (AvgIpc) is 2.65. The van der Waals surface area contributed by atoms with Crippen LogP contribution in [0.4, 0.5) is 23.2 Å². The lowest BCUT2D eigenvalue weighted by Gasteiger charge is -2.16. The first-order chi connectivity index (χ1) is 8.36. The molecule has 2 rings (SSSR count). The van der Waals surface area contributed by atoms with Gasteiger partial charge in [-0.1, -0.05) is 0 Å². The van der Waals surface area contributed by atoms with Crippen molar-refractivity contribution in [2.75, 3.05) is 25.5 Å². The van der Waals surface area contributed by atoms with E-state index in [9.17, 15) is 17.6 Å². The van der Waals surface area contributed by atoms with Gasteiger partial charge in [0, 0.05) is 12.6 Å². The SMILES string of the molecule is CN1CCC(Nc2ccc(C(F)(F)F)cc2F)C1. The van der Waals surface area contributed by atoms with Crippen LogP contribution in [0.2, 0.25) is 0 Å². The second kappa shape index (κ2) is 4.76. The summed E-state index contributed by atoms with van der Waals surface area (Å²) in [6, 6.07) is 2.66. The maximum Gasteiger partial charge on any atom is 0.416 e. The molecule has 0 spiro atoms. The molecule has 1 aromatic rings. The lowest BCUT2D eigenvalue weighted by Crippen LogP contribution is -2.24. The third-order valence-electron chi connectivity index (χ3n) is 3.05. The number of hydrogen-bond donors (Lipinski definition) is 1. The fourth-order valence-electron chi connectivity index (χ4n) is 2.08. The molecule has 1 unspecified atom stereocenters. The van der Waals surface area contributed by atoms with Gasteiger partial charge in [0.15, 0.2) is 0 Å². The van der Waals surface area contributed by atoms with Crippen LogP contribution in [-0.2, 0) is 6.18 Å². The molecule has 2 nitrogen and oxygen atoms in total. The first-order valence-electron chi connectivity index (χ1n) is 5.68. The second-order valence-corrected chi connectivity index (χ2v) is 4.58. The number of nitrogens with one attached hydrogen (secondary N) is 1. The maximum absolute atomic E-state index is 13.6. The highest BCUT2D eigenvalue weighted by Gasteiger charge is 2.31. The van der Waals surface area contributed by atoms with Crippen molar-refractivity contribution in [1.82, 2.24) is 4.90 Å². The summed E-state index contributed by atoms with van der Waals surface area (Å²) in [6.45, 7) is 1.67. The molecule has 0 saturated carbocycles. The van der Waals surface area contributed by atoms with Crippen LogP contribution in [0.25, 0.3) is 0 Å². The number of likely N-dealkylation sites (tertiary alicyclic amines) is 1. The van der Waals surface area contributed by atoms with Crippen LogP contribution >= 0.6 is 0 Å². The van der Waals surface area contributed by atoms with Gasteiger partial charge in [-0.15, -0.1) is 0 Å². The number of hydrogen-bond acceptors (Lipinski definition) is 2. The topological polar surface area (TPSA) is 15.3 Å². The van der Waals surface area contributed by atoms with E-state index in [4.69, 9.17) is 0 Å². The zero-order valence-electron chi connectivity index (χ0n) is 9.89. The van der Waals surface area contributed by atoms with Crippen LogP contribution in [0.1, 0.15) is 12.0 Å². The van der Waals surface area contributed by atoms with E-state index in [0.29, 0.717) is 6.07 Å². The molecule has 1 N–H and O–H groups in total. The minimum atomic E-state index is -4.51. The molecule has 1 aliphatic heterocycles. The number of nitrogens with zero attached hydrogens (tertiary/aromatic N) is 1. The Morgan fingerprint density at radius 3 is 2.56 bits per heavy atom. The Morgan fingerprint density at radius 2 is 2.06 bits per heavy atom. The Labute approximate surface area is 103 Å². The Hall–Kier alpha value is -1.30. The lowest BCUT2D eigenvalue weighted by atomic mass is 10.1. The molecule has 1 saturated heterocycles. The van der Waals surface area contributed by atoms with Crippen molar-refractivity contribution in [3.63, 3.8) is 0 Å². The molecule has 1 aromatic carbocycles. The highest BCUT2D eigenvalue weighted by Crippen LogP contribution is 2.31. The van der Waals surface area contributed by atoms with E-state index in [2.05, 4.69) is 10.2 Å². The van der Waals surface area contributed by atoms with Crippen LogP contribution < -0.4 is 5.32 Å². The summed E-state index contributed by atoms with van der Waals surface area (Å²) >= 11 is 0. The van der Waals surface area contributed by atoms with E-state index in [1.54, 1.807) is 0 Å². The summed E-state index contributed by atoms with van der Waals surface area (Å²) in [5, 5.41) is 2.93. The summed E-state index contributed by atoms with van der Waals surface area (Å²) in [5.74, 6) is -0.862. The molecule has 18 heavy (non-hydrogen) atoms. The number of likely N-dealkylation sites (N-methyl/N-ethyl adjacent to an activating group) is 1. The van der Waals surface area contributed by atoms with Crippen LogP contribution in [0.5, 0.6) is 0 Å². The summed E-state index contributed by atoms with van der Waals surface area (Å²) in [7, 11) is 1.95. The maximum atomic E-state index is 13.6. The molecule has 1 heterocycles. The Balaban J connectivity index is 2.10. The van der Waals surface area contributed by atoms with Gasteiger partial charge >= 0.3 is 6.18 Å². The van der Waals surface area contributed by atoms with Crippen molar-refractivity contribution in [2.45, 2.75) is 18.6 Å². The number of rotatable bonds is 2. The molecule has 0 bridgehead atoms. The second-order valence-electron chi connectivity index (χ2n) is 4.58. The first kappa shape index (κ1) is 13.1. The van der Waals surface area contributed by atoms with Crippen LogP contribution in [0.3, 0.4) is 0 Å². The van der Waals surface area contributed by atoms with Crippen molar-refractivity contribution >= 4 is 5.69 Å². The van der Waals surface area contributed by atoms with Gasteiger partial charge in [0.1, 0.15) is 5.82 Å². The molecule has 100 valence electrons. The quantitative estimate of drug-likeness (QED) is 0.824. The van der Waals surface area contributed by atoms with E-state index >= 15 is 0 Å². The predicted octanol–water partition coefficient (Wildman–Crippen LogP) is 2.96. The van der Waals surface area contributed by atoms with E-state index in [-0.39, 0.29) is 11.7 Å². The molecule has 0 aromatic heterocycles. The van der Waals surface area contributed by atoms with Gasteiger partial charge in [-0.05, 0) is 38.2 Å². The van der Waals surface area contributed by atoms with Crippen molar-refractivity contribution in [3.05, 3.63) is 29.6 Å². The molecular formula is C12H14F4N2. The molecule has 0 amide bonds. The first-order valence-corrected chi connectivity index (χ1v) is 5.68. The Kier molecular flexibility index (Phi) is 3.47. The number of halogens is 4. The Bertz CT molecular complexity index is 431. The van der Waals surface area contributed by atoms with Crippen molar-refractivity contribution in [1.29, 1.82) is 0 Å². The van der Waals surface area contributed by atoms with Gasteiger partial charge in [0.2, 0.25) is 0 Å². The third kappa shape index (κ3) is 2.93. The third-order valence-corrected chi connectivity index (χ3v) is 3.05. The normalized spacial score (nSPS) is 21.3. The Morgan fingerprint density at radius 1 is 1.33 bits per heavy atom. The minimum absolute atomic E-state index is 0.0845. The van der Waals surface area contributed by atoms with E-state index in [0.717, 1.165) is 31.6 Å². The van der Waals surface area contributed by atoms with Gasteiger partial charge in [-0.25, -0.2) is 4.39 Å². The minimum Gasteiger partial charge on any atom is -0.379 e. The lowest BCUT2D eigenvalue weighted by molar-refractivity contribution is -0.137. The van der Waals surface area contributed by atoms with Gasteiger partial charge in [-0.2, -0.15) is 13.2 Å². The van der Waals surface area contributed by atoms with E-state index < -0.39 is 17.6 Å². The monoisotopic (exact) mass is 262 g/mol. The van der Waals surface area contributed by atoms with Crippen molar-refractivity contribution in [3.8, 4) is 0 Å². The van der Waals surface area contributed by atoms with Crippen molar-refractivity contribution in [2.24, 2.45) is 0 Å². The summed E-state index contributed by atoms with van der Waals surface area (Å²) in [6.07, 6.45) is -3.65. The van der Waals surface area contributed by atoms with Crippen LogP contribution in [-0.4, -0.2) is 31.1 Å². The van der Waals surface area contributed by atoms with E-state index in [1.807, 2.05) is 7.05 Å². The van der Waals surface area contributed by atoms with Crippen LogP contribution in [0, 0.1) is 5.82 Å². The molecular weight excluding hydrogens is 248 g/mol. The van der Waals surface area contributed by atoms with Crippen LogP contribution in [0.15, 0.2) is 18.2 Å². The standard InChI is InChI=1S/C12H14F4N2/c1-18-5-4-9(7-18)17-11-3-2-8(6-10(11)13)12(14,15)16/h2-3,6,9,17H,4-5,7H2,1H3. The van der Waals surface area contributed by atoms with Gasteiger partial charge in [0.05, 0.1) is 11.3 Å². The smallest absolute Gasteiger partial charge is 0.379 e. The van der Waals surface area contributed by atoms with Gasteiger partial charge in [-0.3, -0.25) is 0 Å². The summed E-state index contributed by atoms with van der Waals surface area (Å²) < 4.78 is 50.6. The number of alkyl halides is 3. The highest BCUT2D eigenvalue weighted by molar-refractivity contribution is 5.47. The predicted molar refractivity (Wildman–Crippen MR) is 60.9 cm³/mol. The number of benzene rings is 1. The molecule has 6 heteroatoms. The fourth-order valence-corrected chi connectivity index (χ4v) is 2.08. The molecule has 0 aliphatic carbocycles. The van der Waals surface area contributed by atoms with Gasteiger partial charge in [0.25, 0.3) is 0 Å². The average molecular weight is 262 g/mol. The molecule has 1 aliphatic rings. The fraction of sp³-hybridized carbons (Fsp3) is 0.500. The largest absolute Gasteiger partial charge is 0.416 e. The molecule has 0 radical (unpaired) electrons. The summed E-state index contributed by atoms with van der Waals surface area (Å²) in [5.41, 5.74) is -0.836. The zero-order chi connectivity index (χ0) is 13.3. The molecule has 1 fully saturated rings. The molecule has 1 atom stereocenters. The zero-order valence-corrected chi connectivity index (χ0v) is 9.89. The van der Waals surface area contributed by atoms with Gasteiger partial charge < -0.3 is 10.2 Å². The number of anilines is 1. The van der Waals surface area contributed by atoms with E-state index in [1.165, 1.54) is 0 Å².